The van der Waals surface area contributed by atoms with Crippen molar-refractivity contribution >= 4 is 10.1 Å². The summed E-state index contributed by atoms with van der Waals surface area (Å²) in [6.07, 6.45) is 1.82. The fourth-order valence-corrected chi connectivity index (χ4v) is 7.31. The average Bonchev–Trinajstić information content (AvgIpc) is 3.11. The number of aryl methyl sites for hydroxylation is 2. The molecule has 1 unspecified atom stereocenters. The molecule has 1 N–H and O–H groups in total. The number of benzene rings is 5. The molecule has 0 heterocycles. The van der Waals surface area contributed by atoms with Gasteiger partial charge in [-0.1, -0.05) is 96.6 Å². The Morgan fingerprint density at radius 3 is 2.12 bits per heavy atom. The zero-order valence-corrected chi connectivity index (χ0v) is 28.0. The first-order valence-corrected chi connectivity index (χ1v) is 18.0. The van der Waals surface area contributed by atoms with Crippen molar-refractivity contribution in [2.45, 2.75) is 62.0 Å². The zero-order valence-electron chi connectivity index (χ0n) is 27.2. The number of aliphatic hydroxyl groups excluding tert-OH is 1. The smallest absolute Gasteiger partial charge is 0.296 e. The Hall–Kier alpha value is -4.43. The summed E-state index contributed by atoms with van der Waals surface area (Å²) in [7, 11) is -3.85. The summed E-state index contributed by atoms with van der Waals surface area (Å²) < 4.78 is 42.1. The zero-order chi connectivity index (χ0) is 33.3. The molecule has 5 aromatic rings. The first-order valence-electron chi connectivity index (χ1n) is 16.6. The van der Waals surface area contributed by atoms with Crippen molar-refractivity contribution in [3.63, 3.8) is 0 Å². The number of fused-ring (bicyclic) bond motifs is 1. The van der Waals surface area contributed by atoms with Gasteiger partial charge in [0.25, 0.3) is 10.1 Å². The second-order valence-corrected chi connectivity index (χ2v) is 14.0. The molecule has 0 amide bonds. The number of hydrogen-bond donors (Lipinski definition) is 1. The highest BCUT2D eigenvalue weighted by molar-refractivity contribution is 7.86. The summed E-state index contributed by atoms with van der Waals surface area (Å²) in [5.41, 5.74) is 7.32. The van der Waals surface area contributed by atoms with Crippen LogP contribution in [0.5, 0.6) is 11.5 Å². The van der Waals surface area contributed by atoms with Gasteiger partial charge in [-0.25, -0.2) is 0 Å². The van der Waals surface area contributed by atoms with Gasteiger partial charge in [-0.3, -0.25) is 4.18 Å². The molecular formula is C41H42O6S. The third kappa shape index (κ3) is 8.53. The van der Waals surface area contributed by atoms with E-state index in [0.717, 1.165) is 35.5 Å². The highest BCUT2D eigenvalue weighted by Gasteiger charge is 2.32. The largest absolute Gasteiger partial charge is 0.493 e. The molecule has 1 aliphatic carbocycles. The Labute approximate surface area is 284 Å². The molecule has 48 heavy (non-hydrogen) atoms. The molecule has 0 aromatic heterocycles. The van der Waals surface area contributed by atoms with Crippen molar-refractivity contribution < 1.29 is 27.2 Å². The van der Waals surface area contributed by atoms with Crippen molar-refractivity contribution in [1.29, 1.82) is 0 Å². The van der Waals surface area contributed by atoms with Crippen molar-refractivity contribution in [1.82, 2.24) is 0 Å². The number of aliphatic hydroxyl groups is 1. The standard InChI is InChI=1S/C41H42O6S/c1-30-12-20-38(21-13-30)48(43,44)47-27-25-35(42)24-26-45-36-17-14-33(15-18-36)41-39(32-10-6-3-7-11-32)22-16-34-28-37(19-23-40(34)41)46-29-31-8-4-2-5-9-31/h2-15,17-21,23,28,35,39,41-42H,16,22,24-27,29H2,1H3/t35?,39-,41+/m1/s1. The van der Waals surface area contributed by atoms with E-state index in [1.807, 2.05) is 37.3 Å². The van der Waals surface area contributed by atoms with E-state index >= 15 is 0 Å². The van der Waals surface area contributed by atoms with Crippen molar-refractivity contribution in [2.75, 3.05) is 13.2 Å². The molecule has 248 valence electrons. The van der Waals surface area contributed by atoms with Crippen molar-refractivity contribution in [3.8, 4) is 11.5 Å². The van der Waals surface area contributed by atoms with E-state index in [-0.39, 0.29) is 23.8 Å². The van der Waals surface area contributed by atoms with E-state index in [1.165, 1.54) is 34.4 Å². The fraction of sp³-hybridized carbons (Fsp3) is 0.268. The van der Waals surface area contributed by atoms with Crippen LogP contribution in [-0.2, 0) is 27.3 Å². The van der Waals surface area contributed by atoms with E-state index in [2.05, 4.69) is 72.8 Å². The van der Waals surface area contributed by atoms with Gasteiger partial charge in [0.05, 0.1) is 24.2 Å². The molecule has 0 radical (unpaired) electrons. The van der Waals surface area contributed by atoms with Gasteiger partial charge in [0.1, 0.15) is 18.1 Å². The Morgan fingerprint density at radius 1 is 0.729 bits per heavy atom. The van der Waals surface area contributed by atoms with Crippen LogP contribution in [0.25, 0.3) is 0 Å². The highest BCUT2D eigenvalue weighted by Crippen LogP contribution is 2.47. The van der Waals surface area contributed by atoms with Gasteiger partial charge in [-0.2, -0.15) is 8.42 Å². The summed E-state index contributed by atoms with van der Waals surface area (Å²) in [6, 6.07) is 42.3. The number of hydrogen-bond acceptors (Lipinski definition) is 6. The van der Waals surface area contributed by atoms with Crippen molar-refractivity contribution in [3.05, 3.63) is 161 Å². The van der Waals surface area contributed by atoms with E-state index in [0.29, 0.717) is 25.6 Å². The van der Waals surface area contributed by atoms with Gasteiger partial charge in [-0.15, -0.1) is 0 Å². The lowest BCUT2D eigenvalue weighted by Crippen LogP contribution is -2.20. The second-order valence-electron chi connectivity index (χ2n) is 12.4. The van der Waals surface area contributed by atoms with Crippen LogP contribution in [0.2, 0.25) is 0 Å². The van der Waals surface area contributed by atoms with Crippen LogP contribution in [-0.4, -0.2) is 32.8 Å². The molecule has 3 atom stereocenters. The summed E-state index contributed by atoms with van der Waals surface area (Å²) >= 11 is 0. The monoisotopic (exact) mass is 662 g/mol. The van der Waals surface area contributed by atoms with Gasteiger partial charge in [0.2, 0.25) is 0 Å². The SMILES string of the molecule is Cc1ccc(S(=O)(=O)OCCC(O)CCOc2ccc([C@@H]3c4ccc(OCc5ccccc5)cc4CC[C@@H]3c3ccccc3)cc2)cc1. The van der Waals surface area contributed by atoms with Crippen molar-refractivity contribution in [2.24, 2.45) is 0 Å². The Bertz CT molecular complexity index is 1860. The lowest BCUT2D eigenvalue weighted by atomic mass is 9.69. The van der Waals surface area contributed by atoms with Crippen LogP contribution < -0.4 is 9.47 Å². The highest BCUT2D eigenvalue weighted by atomic mass is 32.2. The predicted molar refractivity (Wildman–Crippen MR) is 188 cm³/mol. The molecule has 0 saturated carbocycles. The first kappa shape index (κ1) is 33.5. The molecule has 0 spiro atoms. The minimum atomic E-state index is -3.85. The third-order valence-electron chi connectivity index (χ3n) is 9.01. The van der Waals surface area contributed by atoms with Crippen LogP contribution in [0.3, 0.4) is 0 Å². The Kier molecular flexibility index (Phi) is 10.9. The molecule has 1 aliphatic rings. The second kappa shape index (κ2) is 15.6. The molecular weight excluding hydrogens is 621 g/mol. The molecule has 0 saturated heterocycles. The molecule has 7 heteroatoms. The quantitative estimate of drug-likeness (QED) is 0.120. The maximum Gasteiger partial charge on any atom is 0.296 e. The Balaban J connectivity index is 1.07. The molecule has 6 rings (SSSR count). The molecule has 0 aliphatic heterocycles. The van der Waals surface area contributed by atoms with Gasteiger partial charge in [-0.05, 0) is 96.3 Å². The average molecular weight is 663 g/mol. The van der Waals surface area contributed by atoms with E-state index in [4.69, 9.17) is 13.7 Å². The first-order chi connectivity index (χ1) is 23.4. The summed E-state index contributed by atoms with van der Waals surface area (Å²) in [5, 5.41) is 10.4. The maximum absolute atomic E-state index is 12.4. The van der Waals surface area contributed by atoms with Crippen LogP contribution >= 0.6 is 0 Å². The lowest BCUT2D eigenvalue weighted by Gasteiger charge is -2.35. The van der Waals surface area contributed by atoms with Gasteiger partial charge < -0.3 is 14.6 Å². The summed E-state index contributed by atoms with van der Waals surface area (Å²) in [4.78, 5) is 0.110. The van der Waals surface area contributed by atoms with E-state index in [1.54, 1.807) is 12.1 Å². The predicted octanol–water partition coefficient (Wildman–Crippen LogP) is 8.36. The van der Waals surface area contributed by atoms with Crippen LogP contribution in [0.1, 0.15) is 64.5 Å². The van der Waals surface area contributed by atoms with E-state index in [9.17, 15) is 13.5 Å². The number of rotatable bonds is 14. The third-order valence-corrected chi connectivity index (χ3v) is 10.3. The summed E-state index contributed by atoms with van der Waals surface area (Å²) in [6.45, 7) is 2.63. The Morgan fingerprint density at radius 2 is 1.40 bits per heavy atom. The normalized spacial score (nSPS) is 16.5. The van der Waals surface area contributed by atoms with Gasteiger partial charge >= 0.3 is 0 Å². The topological polar surface area (TPSA) is 82.1 Å². The van der Waals surface area contributed by atoms with Crippen LogP contribution in [0.15, 0.2) is 132 Å². The van der Waals surface area contributed by atoms with Crippen LogP contribution in [0, 0.1) is 6.92 Å². The van der Waals surface area contributed by atoms with Crippen LogP contribution in [0.4, 0.5) is 0 Å². The lowest BCUT2D eigenvalue weighted by molar-refractivity contribution is 0.114. The molecule has 5 aromatic carbocycles. The minimum Gasteiger partial charge on any atom is -0.493 e. The fourth-order valence-electron chi connectivity index (χ4n) is 6.39. The summed E-state index contributed by atoms with van der Waals surface area (Å²) in [5.74, 6) is 2.14. The molecule has 0 fully saturated rings. The van der Waals surface area contributed by atoms with Gasteiger partial charge in [0.15, 0.2) is 0 Å². The maximum atomic E-state index is 12.4. The number of ether oxygens (including phenoxy) is 2. The molecule has 0 bridgehead atoms. The van der Waals surface area contributed by atoms with Gasteiger partial charge in [0, 0.05) is 12.3 Å². The molecule has 6 nitrogen and oxygen atoms in total. The minimum absolute atomic E-state index is 0.0990. The van der Waals surface area contributed by atoms with E-state index < -0.39 is 16.2 Å².